The van der Waals surface area contributed by atoms with Gasteiger partial charge in [-0.1, -0.05) is 42.5 Å². The maximum absolute atomic E-state index is 5.86. The highest BCUT2D eigenvalue weighted by Crippen LogP contribution is 2.12. The second-order valence-corrected chi connectivity index (χ2v) is 3.85. The Labute approximate surface area is 96.2 Å². The standard InChI is InChI=1S/C14H16N2/c15-14-9-5-4-8-13(14)11-16-10-12-6-2-1-3-7-12/h1-3,6-9,11H,4-5,10,15H2/b16-11-. The number of allylic oxidation sites excluding steroid dienone is 3. The molecule has 0 fully saturated rings. The van der Waals surface area contributed by atoms with Crippen LogP contribution in [0, 0.1) is 0 Å². The molecular formula is C14H16N2. The van der Waals surface area contributed by atoms with Crippen molar-refractivity contribution in [3.05, 3.63) is 59.3 Å². The number of rotatable bonds is 3. The maximum atomic E-state index is 5.86. The van der Waals surface area contributed by atoms with Crippen LogP contribution in [0.5, 0.6) is 0 Å². The Morgan fingerprint density at radius 1 is 1.12 bits per heavy atom. The van der Waals surface area contributed by atoms with Gasteiger partial charge < -0.3 is 5.73 Å². The van der Waals surface area contributed by atoms with Crippen LogP contribution in [0.25, 0.3) is 0 Å². The summed E-state index contributed by atoms with van der Waals surface area (Å²) in [6.07, 6.45) is 8.18. The first-order valence-corrected chi connectivity index (χ1v) is 5.56. The molecule has 0 spiro atoms. The summed E-state index contributed by atoms with van der Waals surface area (Å²) in [5, 5.41) is 0. The highest BCUT2D eigenvalue weighted by Gasteiger charge is 2.01. The SMILES string of the molecule is NC1=CCCC=C1/C=N\Cc1ccccc1. The van der Waals surface area contributed by atoms with Gasteiger partial charge in [0.15, 0.2) is 0 Å². The summed E-state index contributed by atoms with van der Waals surface area (Å²) < 4.78 is 0. The highest BCUT2D eigenvalue weighted by atomic mass is 14.7. The van der Waals surface area contributed by atoms with Crippen molar-refractivity contribution in [1.82, 2.24) is 0 Å². The maximum Gasteiger partial charge on any atom is 0.0639 e. The second kappa shape index (κ2) is 5.31. The minimum atomic E-state index is 0.714. The number of aliphatic imine (C=N–C) groups is 1. The molecule has 2 nitrogen and oxygen atoms in total. The van der Waals surface area contributed by atoms with Gasteiger partial charge >= 0.3 is 0 Å². The fraction of sp³-hybridized carbons (Fsp3) is 0.214. The van der Waals surface area contributed by atoms with Gasteiger partial charge in [0, 0.05) is 17.5 Å². The van der Waals surface area contributed by atoms with Crippen LogP contribution in [0.1, 0.15) is 18.4 Å². The van der Waals surface area contributed by atoms with Crippen molar-refractivity contribution in [1.29, 1.82) is 0 Å². The Kier molecular flexibility index (Phi) is 3.54. The van der Waals surface area contributed by atoms with E-state index >= 15 is 0 Å². The van der Waals surface area contributed by atoms with Crippen molar-refractivity contribution in [2.75, 3.05) is 0 Å². The molecule has 0 saturated heterocycles. The molecule has 1 aromatic carbocycles. The van der Waals surface area contributed by atoms with Gasteiger partial charge in [0.05, 0.1) is 6.54 Å². The van der Waals surface area contributed by atoms with Crippen LogP contribution in [0.15, 0.2) is 58.7 Å². The molecule has 0 saturated carbocycles. The van der Waals surface area contributed by atoms with Gasteiger partial charge in [0.25, 0.3) is 0 Å². The average molecular weight is 212 g/mol. The zero-order chi connectivity index (χ0) is 11.2. The van der Waals surface area contributed by atoms with Crippen LogP contribution in [0.2, 0.25) is 0 Å². The Bertz CT molecular complexity index is 427. The molecule has 0 radical (unpaired) electrons. The summed E-state index contributed by atoms with van der Waals surface area (Å²) in [5.74, 6) is 0. The van der Waals surface area contributed by atoms with Gasteiger partial charge in [0.2, 0.25) is 0 Å². The summed E-state index contributed by atoms with van der Waals surface area (Å²) in [6.45, 7) is 0.714. The predicted molar refractivity (Wildman–Crippen MR) is 68.2 cm³/mol. The van der Waals surface area contributed by atoms with Crippen LogP contribution in [0.4, 0.5) is 0 Å². The van der Waals surface area contributed by atoms with Gasteiger partial charge in [-0.15, -0.1) is 0 Å². The molecule has 0 aliphatic heterocycles. The van der Waals surface area contributed by atoms with E-state index in [-0.39, 0.29) is 0 Å². The summed E-state index contributed by atoms with van der Waals surface area (Å²) in [7, 11) is 0. The van der Waals surface area contributed by atoms with Crippen LogP contribution < -0.4 is 5.73 Å². The molecule has 0 amide bonds. The number of hydrogen-bond donors (Lipinski definition) is 1. The Morgan fingerprint density at radius 3 is 2.62 bits per heavy atom. The van der Waals surface area contributed by atoms with Crippen molar-refractivity contribution in [3.8, 4) is 0 Å². The molecule has 1 aliphatic carbocycles. The van der Waals surface area contributed by atoms with E-state index in [0.29, 0.717) is 6.54 Å². The van der Waals surface area contributed by atoms with E-state index < -0.39 is 0 Å². The fourth-order valence-corrected chi connectivity index (χ4v) is 1.67. The summed E-state index contributed by atoms with van der Waals surface area (Å²) >= 11 is 0. The molecule has 0 heterocycles. The normalized spacial score (nSPS) is 16.0. The molecule has 2 heteroatoms. The topological polar surface area (TPSA) is 38.4 Å². The molecule has 0 aromatic heterocycles. The predicted octanol–water partition coefficient (Wildman–Crippen LogP) is 2.82. The summed E-state index contributed by atoms with van der Waals surface area (Å²) in [4.78, 5) is 4.40. The third kappa shape index (κ3) is 2.83. The van der Waals surface area contributed by atoms with E-state index in [4.69, 9.17) is 5.73 Å². The van der Waals surface area contributed by atoms with Crippen molar-refractivity contribution >= 4 is 6.21 Å². The number of nitrogens with zero attached hydrogens (tertiary/aromatic N) is 1. The molecule has 2 N–H and O–H groups in total. The zero-order valence-corrected chi connectivity index (χ0v) is 9.26. The molecule has 1 aromatic rings. The monoisotopic (exact) mass is 212 g/mol. The van der Waals surface area contributed by atoms with Crippen molar-refractivity contribution < 1.29 is 0 Å². The van der Waals surface area contributed by atoms with Crippen molar-refractivity contribution in [3.63, 3.8) is 0 Å². The molecule has 1 aliphatic rings. The Balaban J connectivity index is 1.95. The molecule has 82 valence electrons. The Hall–Kier alpha value is -1.83. The minimum absolute atomic E-state index is 0.714. The van der Waals surface area contributed by atoms with Gasteiger partial charge in [0.1, 0.15) is 0 Å². The lowest BCUT2D eigenvalue weighted by Gasteiger charge is -2.07. The Morgan fingerprint density at radius 2 is 1.88 bits per heavy atom. The van der Waals surface area contributed by atoms with E-state index in [2.05, 4.69) is 29.3 Å². The largest absolute Gasteiger partial charge is 0.398 e. The third-order valence-electron chi connectivity index (χ3n) is 2.58. The van der Waals surface area contributed by atoms with Crippen LogP contribution in [-0.2, 0) is 6.54 Å². The van der Waals surface area contributed by atoms with Crippen molar-refractivity contribution in [2.24, 2.45) is 10.7 Å². The highest BCUT2D eigenvalue weighted by molar-refractivity contribution is 5.84. The lowest BCUT2D eigenvalue weighted by atomic mass is 10.1. The molecule has 16 heavy (non-hydrogen) atoms. The lowest BCUT2D eigenvalue weighted by Crippen LogP contribution is -2.05. The first-order chi connectivity index (χ1) is 7.86. The van der Waals surface area contributed by atoms with E-state index in [9.17, 15) is 0 Å². The average Bonchev–Trinajstić information content (AvgIpc) is 2.33. The van der Waals surface area contributed by atoms with Gasteiger partial charge in [-0.25, -0.2) is 0 Å². The second-order valence-electron chi connectivity index (χ2n) is 3.85. The summed E-state index contributed by atoms with van der Waals surface area (Å²) in [6, 6.07) is 10.2. The van der Waals surface area contributed by atoms with E-state index in [1.165, 1.54) is 5.56 Å². The first-order valence-electron chi connectivity index (χ1n) is 5.56. The van der Waals surface area contributed by atoms with E-state index in [0.717, 1.165) is 24.1 Å². The number of benzene rings is 1. The molecule has 0 bridgehead atoms. The quantitative estimate of drug-likeness (QED) is 0.769. The molecular weight excluding hydrogens is 196 g/mol. The van der Waals surface area contributed by atoms with Crippen LogP contribution >= 0.6 is 0 Å². The fourth-order valence-electron chi connectivity index (χ4n) is 1.67. The zero-order valence-electron chi connectivity index (χ0n) is 9.26. The molecule has 0 unspecified atom stereocenters. The van der Waals surface area contributed by atoms with Crippen LogP contribution in [-0.4, -0.2) is 6.21 Å². The first kappa shape index (κ1) is 10.7. The molecule has 0 atom stereocenters. The number of nitrogens with two attached hydrogens (primary N) is 1. The van der Waals surface area contributed by atoms with Crippen LogP contribution in [0.3, 0.4) is 0 Å². The smallest absolute Gasteiger partial charge is 0.0639 e. The minimum Gasteiger partial charge on any atom is -0.398 e. The van der Waals surface area contributed by atoms with E-state index in [1.807, 2.05) is 24.4 Å². The van der Waals surface area contributed by atoms with E-state index in [1.54, 1.807) is 0 Å². The van der Waals surface area contributed by atoms with Gasteiger partial charge in [-0.2, -0.15) is 0 Å². The lowest BCUT2D eigenvalue weighted by molar-refractivity contribution is 0.997. The van der Waals surface area contributed by atoms with Gasteiger partial charge in [-0.05, 0) is 18.4 Å². The molecule has 2 rings (SSSR count). The third-order valence-corrected chi connectivity index (χ3v) is 2.58. The number of hydrogen-bond acceptors (Lipinski definition) is 2. The van der Waals surface area contributed by atoms with Crippen molar-refractivity contribution in [2.45, 2.75) is 19.4 Å². The summed E-state index contributed by atoms with van der Waals surface area (Å²) in [5.41, 5.74) is 8.99. The van der Waals surface area contributed by atoms with Gasteiger partial charge in [-0.3, -0.25) is 4.99 Å².